The molecule has 1 heterocycles. The van der Waals surface area contributed by atoms with Crippen molar-refractivity contribution in [2.45, 2.75) is 52.4 Å². The molecule has 0 fully saturated rings. The molecular formula is C16H24N4O. The van der Waals surface area contributed by atoms with Gasteiger partial charge in [-0.15, -0.1) is 10.2 Å². The second-order valence-electron chi connectivity index (χ2n) is 7.34. The summed E-state index contributed by atoms with van der Waals surface area (Å²) in [6.45, 7) is 13.1. The number of aromatic amines is 1. The lowest BCUT2D eigenvalue weighted by atomic mass is 9.78. The van der Waals surface area contributed by atoms with E-state index in [9.17, 15) is 0 Å². The zero-order chi connectivity index (χ0) is 15.8. The van der Waals surface area contributed by atoms with Crippen molar-refractivity contribution in [3.05, 3.63) is 23.3 Å². The van der Waals surface area contributed by atoms with E-state index >= 15 is 0 Å². The van der Waals surface area contributed by atoms with E-state index < -0.39 is 0 Å². The molecule has 2 rings (SSSR count). The van der Waals surface area contributed by atoms with Crippen LogP contribution in [0, 0.1) is 0 Å². The Morgan fingerprint density at radius 3 is 1.81 bits per heavy atom. The molecule has 1 N–H and O–H groups in total. The van der Waals surface area contributed by atoms with Crippen LogP contribution in [0.3, 0.4) is 0 Å². The van der Waals surface area contributed by atoms with Crippen LogP contribution >= 0.6 is 0 Å². The first-order valence-corrected chi connectivity index (χ1v) is 7.11. The summed E-state index contributed by atoms with van der Waals surface area (Å²) in [5.74, 6) is 1.55. The van der Waals surface area contributed by atoms with Crippen molar-refractivity contribution in [3.63, 3.8) is 0 Å². The minimum absolute atomic E-state index is 0.0366. The largest absolute Gasteiger partial charge is 0.496 e. The summed E-state index contributed by atoms with van der Waals surface area (Å²) in [5.41, 5.74) is 3.18. The Morgan fingerprint density at radius 1 is 0.952 bits per heavy atom. The van der Waals surface area contributed by atoms with E-state index in [-0.39, 0.29) is 10.8 Å². The average molecular weight is 288 g/mol. The van der Waals surface area contributed by atoms with Crippen molar-refractivity contribution in [2.24, 2.45) is 0 Å². The van der Waals surface area contributed by atoms with E-state index in [1.54, 1.807) is 7.11 Å². The van der Waals surface area contributed by atoms with Crippen LogP contribution in [-0.4, -0.2) is 27.7 Å². The Hall–Kier alpha value is -1.91. The number of ether oxygens (including phenoxy) is 1. The van der Waals surface area contributed by atoms with E-state index in [0.29, 0.717) is 5.82 Å². The first-order chi connectivity index (χ1) is 9.64. The molecule has 114 valence electrons. The summed E-state index contributed by atoms with van der Waals surface area (Å²) >= 11 is 0. The van der Waals surface area contributed by atoms with E-state index in [1.165, 1.54) is 0 Å². The molecule has 5 heteroatoms. The number of hydrogen-bond acceptors (Lipinski definition) is 4. The van der Waals surface area contributed by atoms with Crippen LogP contribution < -0.4 is 4.74 Å². The van der Waals surface area contributed by atoms with E-state index in [1.807, 2.05) is 0 Å². The third kappa shape index (κ3) is 3.06. The molecule has 0 saturated heterocycles. The van der Waals surface area contributed by atoms with Crippen LogP contribution in [0.1, 0.15) is 52.7 Å². The van der Waals surface area contributed by atoms with Crippen LogP contribution in [-0.2, 0) is 10.8 Å². The minimum Gasteiger partial charge on any atom is -0.496 e. The summed E-state index contributed by atoms with van der Waals surface area (Å²) in [4.78, 5) is 0. The third-order valence-corrected chi connectivity index (χ3v) is 3.51. The molecule has 0 radical (unpaired) electrons. The maximum atomic E-state index is 5.74. The molecule has 0 bridgehead atoms. The molecule has 0 aliphatic rings. The fourth-order valence-electron chi connectivity index (χ4n) is 2.38. The number of tetrazole rings is 1. The highest BCUT2D eigenvalue weighted by Crippen LogP contribution is 2.41. The molecule has 0 atom stereocenters. The van der Waals surface area contributed by atoms with Gasteiger partial charge in [-0.2, -0.15) is 5.21 Å². The maximum Gasteiger partial charge on any atom is 0.204 e. The van der Waals surface area contributed by atoms with Crippen molar-refractivity contribution in [1.82, 2.24) is 20.6 Å². The fourth-order valence-corrected chi connectivity index (χ4v) is 2.38. The van der Waals surface area contributed by atoms with Crippen molar-refractivity contribution < 1.29 is 4.74 Å². The lowest BCUT2D eigenvalue weighted by Crippen LogP contribution is -2.19. The predicted octanol–water partition coefficient (Wildman–Crippen LogP) is 3.47. The summed E-state index contributed by atoms with van der Waals surface area (Å²) in [5, 5.41) is 14.4. The minimum atomic E-state index is -0.0366. The summed E-state index contributed by atoms with van der Waals surface area (Å²) in [6.07, 6.45) is 0. The molecule has 5 nitrogen and oxygen atoms in total. The number of benzene rings is 1. The SMILES string of the molecule is COc1c(C(C)(C)C)cc(-c2nn[nH]n2)cc1C(C)(C)C. The number of nitrogens with zero attached hydrogens (tertiary/aromatic N) is 3. The molecule has 1 aromatic heterocycles. The maximum absolute atomic E-state index is 5.74. The van der Waals surface area contributed by atoms with Crippen LogP contribution in [0.4, 0.5) is 0 Å². The van der Waals surface area contributed by atoms with Gasteiger partial charge < -0.3 is 4.74 Å². The van der Waals surface area contributed by atoms with Gasteiger partial charge in [0, 0.05) is 16.7 Å². The van der Waals surface area contributed by atoms with Crippen LogP contribution in [0.2, 0.25) is 0 Å². The van der Waals surface area contributed by atoms with Crippen LogP contribution in [0.5, 0.6) is 5.75 Å². The van der Waals surface area contributed by atoms with Gasteiger partial charge >= 0.3 is 0 Å². The summed E-state index contributed by atoms with van der Waals surface area (Å²) in [7, 11) is 1.73. The normalized spacial score (nSPS) is 12.5. The van der Waals surface area contributed by atoms with Gasteiger partial charge in [0.05, 0.1) is 7.11 Å². The van der Waals surface area contributed by atoms with E-state index in [2.05, 4.69) is 74.3 Å². The van der Waals surface area contributed by atoms with Gasteiger partial charge in [-0.1, -0.05) is 41.5 Å². The number of aromatic nitrogens is 4. The zero-order valence-corrected chi connectivity index (χ0v) is 13.9. The summed E-state index contributed by atoms with van der Waals surface area (Å²) in [6, 6.07) is 4.19. The standard InChI is InChI=1S/C16H24N4O/c1-15(2,3)11-8-10(14-17-19-20-18-14)9-12(13(11)21-7)16(4,5)6/h8-9H,1-7H3,(H,17,18,19,20). The Morgan fingerprint density at radius 2 is 1.48 bits per heavy atom. The number of rotatable bonds is 2. The first-order valence-electron chi connectivity index (χ1n) is 7.11. The monoisotopic (exact) mass is 288 g/mol. The second kappa shape index (κ2) is 5.13. The summed E-state index contributed by atoms with van der Waals surface area (Å²) < 4.78 is 5.74. The van der Waals surface area contributed by atoms with Gasteiger partial charge in [0.25, 0.3) is 0 Å². The molecule has 0 spiro atoms. The van der Waals surface area contributed by atoms with E-state index in [4.69, 9.17) is 4.74 Å². The topological polar surface area (TPSA) is 63.7 Å². The predicted molar refractivity (Wildman–Crippen MR) is 83.6 cm³/mol. The Balaban J connectivity index is 2.78. The average Bonchev–Trinajstić information content (AvgIpc) is 2.88. The lowest BCUT2D eigenvalue weighted by Gasteiger charge is -2.29. The Bertz CT molecular complexity index is 584. The van der Waals surface area contributed by atoms with E-state index in [0.717, 1.165) is 22.4 Å². The zero-order valence-electron chi connectivity index (χ0n) is 13.9. The fraction of sp³-hybridized carbons (Fsp3) is 0.562. The molecule has 0 aliphatic carbocycles. The van der Waals surface area contributed by atoms with Gasteiger partial charge in [-0.3, -0.25) is 0 Å². The van der Waals surface area contributed by atoms with Gasteiger partial charge in [-0.05, 0) is 28.2 Å². The van der Waals surface area contributed by atoms with Crippen LogP contribution in [0.15, 0.2) is 12.1 Å². The van der Waals surface area contributed by atoms with Crippen molar-refractivity contribution in [3.8, 4) is 17.1 Å². The van der Waals surface area contributed by atoms with Gasteiger partial charge in [0.2, 0.25) is 5.82 Å². The number of nitrogens with one attached hydrogen (secondary N) is 1. The molecule has 0 amide bonds. The molecule has 1 aromatic carbocycles. The lowest BCUT2D eigenvalue weighted by molar-refractivity contribution is 0.381. The Labute approximate surface area is 126 Å². The molecule has 21 heavy (non-hydrogen) atoms. The van der Waals surface area contributed by atoms with Crippen molar-refractivity contribution in [1.29, 1.82) is 0 Å². The molecule has 2 aromatic rings. The number of hydrogen-bond donors (Lipinski definition) is 1. The van der Waals surface area contributed by atoms with Gasteiger partial charge in [0.1, 0.15) is 5.75 Å². The molecule has 0 unspecified atom stereocenters. The highest BCUT2D eigenvalue weighted by molar-refractivity contribution is 5.63. The smallest absolute Gasteiger partial charge is 0.204 e. The second-order valence-corrected chi connectivity index (χ2v) is 7.34. The molecule has 0 aliphatic heterocycles. The van der Waals surface area contributed by atoms with Crippen molar-refractivity contribution in [2.75, 3.05) is 7.11 Å². The first kappa shape index (κ1) is 15.5. The number of methoxy groups -OCH3 is 1. The third-order valence-electron chi connectivity index (χ3n) is 3.51. The molecular weight excluding hydrogens is 264 g/mol. The quantitative estimate of drug-likeness (QED) is 0.919. The highest BCUT2D eigenvalue weighted by Gasteiger charge is 2.28. The van der Waals surface area contributed by atoms with Crippen LogP contribution in [0.25, 0.3) is 11.4 Å². The number of H-pyrrole nitrogens is 1. The van der Waals surface area contributed by atoms with Gasteiger partial charge in [-0.25, -0.2) is 0 Å². The van der Waals surface area contributed by atoms with Gasteiger partial charge in [0.15, 0.2) is 0 Å². The Kier molecular flexibility index (Phi) is 3.78. The van der Waals surface area contributed by atoms with Crippen molar-refractivity contribution >= 4 is 0 Å². The molecule has 0 saturated carbocycles. The highest BCUT2D eigenvalue weighted by atomic mass is 16.5.